The molecule has 1 aromatic carbocycles. The fraction of sp³-hybridized carbons (Fsp3) is 0.286. The van der Waals surface area contributed by atoms with Gasteiger partial charge in [-0.25, -0.2) is 9.97 Å². The summed E-state index contributed by atoms with van der Waals surface area (Å²) in [6.07, 6.45) is 3.80. The van der Waals surface area contributed by atoms with E-state index in [2.05, 4.69) is 38.5 Å². The van der Waals surface area contributed by atoms with Gasteiger partial charge in [0.05, 0.1) is 17.4 Å². The molecule has 104 valence electrons. The molecule has 0 spiro atoms. The summed E-state index contributed by atoms with van der Waals surface area (Å²) in [7, 11) is 0. The van der Waals surface area contributed by atoms with Crippen molar-refractivity contribution in [3.63, 3.8) is 0 Å². The second-order valence-corrected chi connectivity index (χ2v) is 5.51. The lowest BCUT2D eigenvalue weighted by molar-refractivity contribution is 0.707. The van der Waals surface area contributed by atoms with Gasteiger partial charge in [-0.3, -0.25) is 0 Å². The summed E-state index contributed by atoms with van der Waals surface area (Å²) < 4.78 is 5.20. The van der Waals surface area contributed by atoms with Gasteiger partial charge in [-0.1, -0.05) is 15.9 Å². The van der Waals surface area contributed by atoms with Crippen molar-refractivity contribution < 1.29 is 0 Å². The maximum absolute atomic E-state index is 5.57. The zero-order valence-electron chi connectivity index (χ0n) is 11.3. The molecule has 0 amide bonds. The van der Waals surface area contributed by atoms with E-state index in [0.717, 1.165) is 40.1 Å². The van der Waals surface area contributed by atoms with Gasteiger partial charge in [0.15, 0.2) is 5.82 Å². The number of aryl methyl sites for hydroxylation is 1. The Morgan fingerprint density at radius 3 is 2.95 bits per heavy atom. The first-order chi connectivity index (χ1) is 9.72. The Morgan fingerprint density at radius 1 is 1.35 bits per heavy atom. The molecule has 2 heterocycles. The predicted molar refractivity (Wildman–Crippen MR) is 83.4 cm³/mol. The summed E-state index contributed by atoms with van der Waals surface area (Å²) in [5, 5.41) is 0. The van der Waals surface area contributed by atoms with Crippen LogP contribution in [-0.2, 0) is 13.1 Å². The number of hydrogen-bond acceptors (Lipinski definition) is 3. The first kappa shape index (κ1) is 13.3. The van der Waals surface area contributed by atoms with Crippen LogP contribution >= 0.6 is 15.9 Å². The maximum atomic E-state index is 5.57. The molecule has 0 aliphatic heterocycles. The van der Waals surface area contributed by atoms with Gasteiger partial charge in [0.25, 0.3) is 0 Å². The van der Waals surface area contributed by atoms with Gasteiger partial charge in [0, 0.05) is 30.3 Å². The van der Waals surface area contributed by atoms with Crippen molar-refractivity contribution in [3.8, 4) is 11.5 Å². The quantitative estimate of drug-likeness (QED) is 0.798. The highest BCUT2D eigenvalue weighted by atomic mass is 79.9. The molecule has 3 aromatic rings. The smallest absolute Gasteiger partial charge is 0.161 e. The van der Waals surface area contributed by atoms with Crippen LogP contribution in [0.25, 0.3) is 22.6 Å². The molecule has 2 aromatic heterocycles. The van der Waals surface area contributed by atoms with Crippen molar-refractivity contribution in [3.05, 3.63) is 35.2 Å². The van der Waals surface area contributed by atoms with Crippen LogP contribution in [0.1, 0.15) is 6.92 Å². The molecule has 0 atom stereocenters. The lowest BCUT2D eigenvalue weighted by Crippen LogP contribution is -2.07. The van der Waals surface area contributed by atoms with Crippen LogP contribution in [0.5, 0.6) is 0 Å². The third kappa shape index (κ3) is 2.25. The SMILES string of the molecule is CCn1c(-c2cn(CCN)cn2)nc2cc(Br)ccc21. The maximum Gasteiger partial charge on any atom is 0.161 e. The number of benzene rings is 1. The molecular formula is C14H16BrN5. The lowest BCUT2D eigenvalue weighted by Gasteiger charge is -2.03. The molecule has 0 saturated carbocycles. The number of rotatable bonds is 4. The normalized spacial score (nSPS) is 11.3. The number of nitrogens with two attached hydrogens (primary N) is 1. The number of hydrogen-bond donors (Lipinski definition) is 1. The summed E-state index contributed by atoms with van der Waals surface area (Å²) in [6, 6.07) is 6.14. The number of nitrogens with zero attached hydrogens (tertiary/aromatic N) is 4. The van der Waals surface area contributed by atoms with Crippen LogP contribution in [0.2, 0.25) is 0 Å². The Kier molecular flexibility index (Phi) is 3.58. The van der Waals surface area contributed by atoms with E-state index in [4.69, 9.17) is 10.7 Å². The summed E-state index contributed by atoms with van der Waals surface area (Å²) >= 11 is 3.49. The van der Waals surface area contributed by atoms with E-state index in [0.29, 0.717) is 6.54 Å². The fourth-order valence-electron chi connectivity index (χ4n) is 2.37. The summed E-state index contributed by atoms with van der Waals surface area (Å²) in [4.78, 5) is 9.16. The van der Waals surface area contributed by atoms with Gasteiger partial charge >= 0.3 is 0 Å². The van der Waals surface area contributed by atoms with Crippen molar-refractivity contribution in [1.82, 2.24) is 19.1 Å². The second-order valence-electron chi connectivity index (χ2n) is 4.60. The average molecular weight is 334 g/mol. The van der Waals surface area contributed by atoms with E-state index < -0.39 is 0 Å². The molecule has 0 aliphatic rings. The molecule has 5 nitrogen and oxygen atoms in total. The van der Waals surface area contributed by atoms with Crippen molar-refractivity contribution in [2.45, 2.75) is 20.0 Å². The molecule has 0 saturated heterocycles. The molecule has 0 fully saturated rings. The third-order valence-electron chi connectivity index (χ3n) is 3.28. The molecule has 20 heavy (non-hydrogen) atoms. The molecule has 6 heteroatoms. The van der Waals surface area contributed by atoms with Gasteiger partial charge in [0.1, 0.15) is 5.69 Å². The van der Waals surface area contributed by atoms with Crippen LogP contribution < -0.4 is 5.73 Å². The minimum atomic E-state index is 0.604. The minimum absolute atomic E-state index is 0.604. The Balaban J connectivity index is 2.13. The van der Waals surface area contributed by atoms with E-state index in [1.165, 1.54) is 0 Å². The first-order valence-corrected chi connectivity index (χ1v) is 7.40. The molecule has 0 aliphatic carbocycles. The number of fused-ring (bicyclic) bond motifs is 1. The lowest BCUT2D eigenvalue weighted by atomic mass is 10.3. The van der Waals surface area contributed by atoms with Gasteiger partial charge in [-0.05, 0) is 25.1 Å². The van der Waals surface area contributed by atoms with Crippen LogP contribution in [-0.4, -0.2) is 25.6 Å². The summed E-state index contributed by atoms with van der Waals surface area (Å²) in [5.41, 5.74) is 8.55. The van der Waals surface area contributed by atoms with E-state index in [1.54, 1.807) is 6.33 Å². The summed E-state index contributed by atoms with van der Waals surface area (Å²) in [6.45, 7) is 4.35. The highest BCUT2D eigenvalue weighted by Gasteiger charge is 2.13. The highest BCUT2D eigenvalue weighted by Crippen LogP contribution is 2.25. The van der Waals surface area contributed by atoms with Gasteiger partial charge in [-0.2, -0.15) is 0 Å². The van der Waals surface area contributed by atoms with Crippen molar-refractivity contribution >= 4 is 27.0 Å². The topological polar surface area (TPSA) is 61.7 Å². The molecule has 0 radical (unpaired) electrons. The molecule has 0 unspecified atom stereocenters. The van der Waals surface area contributed by atoms with Gasteiger partial charge in [-0.15, -0.1) is 0 Å². The van der Waals surface area contributed by atoms with E-state index in [1.807, 2.05) is 22.9 Å². The van der Waals surface area contributed by atoms with Crippen LogP contribution in [0.15, 0.2) is 35.2 Å². The largest absolute Gasteiger partial charge is 0.335 e. The zero-order chi connectivity index (χ0) is 14.1. The molecule has 3 rings (SSSR count). The summed E-state index contributed by atoms with van der Waals surface area (Å²) in [5.74, 6) is 0.899. The zero-order valence-corrected chi connectivity index (χ0v) is 12.8. The van der Waals surface area contributed by atoms with Crippen LogP contribution in [0.4, 0.5) is 0 Å². The Morgan fingerprint density at radius 2 is 2.20 bits per heavy atom. The van der Waals surface area contributed by atoms with Crippen LogP contribution in [0, 0.1) is 0 Å². The Hall–Kier alpha value is -1.66. The van der Waals surface area contributed by atoms with E-state index in [-0.39, 0.29) is 0 Å². The molecular weight excluding hydrogens is 318 g/mol. The van der Waals surface area contributed by atoms with Crippen LogP contribution in [0.3, 0.4) is 0 Å². The van der Waals surface area contributed by atoms with Crippen molar-refractivity contribution in [2.24, 2.45) is 5.73 Å². The number of imidazole rings is 2. The average Bonchev–Trinajstić information content (AvgIpc) is 3.02. The fourth-order valence-corrected chi connectivity index (χ4v) is 2.71. The number of aromatic nitrogens is 4. The monoisotopic (exact) mass is 333 g/mol. The predicted octanol–water partition coefficient (Wildman–Crippen LogP) is 2.64. The third-order valence-corrected chi connectivity index (χ3v) is 3.77. The molecule has 0 bridgehead atoms. The minimum Gasteiger partial charge on any atom is -0.335 e. The Labute approximate surface area is 125 Å². The highest BCUT2D eigenvalue weighted by molar-refractivity contribution is 9.10. The number of halogens is 1. The van der Waals surface area contributed by atoms with Gasteiger partial charge in [0.2, 0.25) is 0 Å². The van der Waals surface area contributed by atoms with Crippen molar-refractivity contribution in [2.75, 3.05) is 6.54 Å². The van der Waals surface area contributed by atoms with Gasteiger partial charge < -0.3 is 14.9 Å². The Bertz CT molecular complexity index is 743. The second kappa shape index (κ2) is 5.38. The standard InChI is InChI=1S/C14H16BrN5/c1-2-20-13-4-3-10(15)7-11(13)18-14(20)12-8-19(6-5-16)9-17-12/h3-4,7-9H,2,5-6,16H2,1H3. The first-order valence-electron chi connectivity index (χ1n) is 6.61. The van der Waals surface area contributed by atoms with E-state index >= 15 is 0 Å². The van der Waals surface area contributed by atoms with Crippen molar-refractivity contribution in [1.29, 1.82) is 0 Å². The van der Waals surface area contributed by atoms with E-state index in [9.17, 15) is 0 Å². The molecule has 2 N–H and O–H groups in total.